The third kappa shape index (κ3) is 2.77. The number of rotatable bonds is 2. The van der Waals surface area contributed by atoms with Crippen LogP contribution in [0.1, 0.15) is 49.7 Å². The summed E-state index contributed by atoms with van der Waals surface area (Å²) in [4.78, 5) is 0. The van der Waals surface area contributed by atoms with Crippen LogP contribution in [-0.4, -0.2) is 30.8 Å². The normalized spacial score (nSPS) is 40.1. The van der Waals surface area contributed by atoms with Crippen molar-refractivity contribution in [3.8, 4) is 5.75 Å². The maximum atomic E-state index is 11.1. The molecule has 6 nitrogen and oxygen atoms in total. The van der Waals surface area contributed by atoms with Gasteiger partial charge >= 0.3 is 10.3 Å². The smallest absolute Gasteiger partial charge is 0.380 e. The van der Waals surface area contributed by atoms with Gasteiger partial charge in [0.2, 0.25) is 0 Å². The minimum absolute atomic E-state index is 0.200. The largest absolute Gasteiger partial charge is 0.390 e. The molecule has 1 aromatic carbocycles. The zero-order valence-corrected chi connectivity index (χ0v) is 15.1. The number of nitrogens with two attached hydrogens (primary N) is 1. The molecule has 4 N–H and O–H groups in total. The Morgan fingerprint density at radius 1 is 1.28 bits per heavy atom. The molecule has 2 saturated carbocycles. The molecule has 3 aliphatic carbocycles. The number of aryl methyl sites for hydroxylation is 1. The van der Waals surface area contributed by atoms with Crippen molar-refractivity contribution in [1.82, 2.24) is 0 Å². The van der Waals surface area contributed by atoms with E-state index in [0.29, 0.717) is 24.2 Å². The summed E-state index contributed by atoms with van der Waals surface area (Å²) < 4.78 is 27.1. The van der Waals surface area contributed by atoms with Crippen LogP contribution in [0.2, 0.25) is 0 Å². The molecule has 0 heterocycles. The summed E-state index contributed by atoms with van der Waals surface area (Å²) in [5.41, 5.74) is 2.16. The molecule has 25 heavy (non-hydrogen) atoms. The number of hydrogen-bond acceptors (Lipinski definition) is 5. The first-order chi connectivity index (χ1) is 11.7. The van der Waals surface area contributed by atoms with Crippen molar-refractivity contribution in [1.29, 1.82) is 0 Å². The Labute approximate surface area is 148 Å². The van der Waals surface area contributed by atoms with Crippen LogP contribution in [0.5, 0.6) is 5.75 Å². The standard InChI is InChI=1S/C18H25NO5S/c1-18-7-6-13-12-5-3-11(24-25(19,22)23)8-10(12)2-4-14(13)15(18)9-16(20)17(18)21/h3,5,8,13-17,20-21H,2,4,6-7,9H2,1H3,(H2,19,22,23). The van der Waals surface area contributed by atoms with Crippen LogP contribution in [0.15, 0.2) is 18.2 Å². The Balaban J connectivity index is 1.64. The number of aliphatic hydroxyl groups excluding tert-OH is 2. The highest BCUT2D eigenvalue weighted by atomic mass is 32.2. The van der Waals surface area contributed by atoms with Gasteiger partial charge in [-0.3, -0.25) is 0 Å². The minimum Gasteiger partial charge on any atom is -0.390 e. The molecular weight excluding hydrogens is 342 g/mol. The topological polar surface area (TPSA) is 110 Å². The molecule has 0 amide bonds. The van der Waals surface area contributed by atoms with Gasteiger partial charge in [0.1, 0.15) is 5.75 Å². The molecule has 0 saturated heterocycles. The van der Waals surface area contributed by atoms with E-state index in [1.165, 1.54) is 5.56 Å². The highest BCUT2D eigenvalue weighted by Gasteiger charge is 2.57. The van der Waals surface area contributed by atoms with Crippen LogP contribution in [0, 0.1) is 17.3 Å². The van der Waals surface area contributed by atoms with Gasteiger partial charge in [-0.1, -0.05) is 13.0 Å². The maximum Gasteiger partial charge on any atom is 0.380 e. The molecule has 6 unspecified atom stereocenters. The monoisotopic (exact) mass is 367 g/mol. The van der Waals surface area contributed by atoms with Crippen molar-refractivity contribution in [2.45, 2.75) is 57.2 Å². The number of aliphatic hydroxyl groups is 2. The molecule has 138 valence electrons. The van der Waals surface area contributed by atoms with Gasteiger partial charge < -0.3 is 14.4 Å². The van der Waals surface area contributed by atoms with Crippen molar-refractivity contribution < 1.29 is 22.8 Å². The van der Waals surface area contributed by atoms with E-state index in [1.807, 2.05) is 6.07 Å². The van der Waals surface area contributed by atoms with E-state index in [1.54, 1.807) is 12.1 Å². The second-order valence-corrected chi connectivity index (χ2v) is 9.30. The lowest BCUT2D eigenvalue weighted by molar-refractivity contribution is -0.0505. The van der Waals surface area contributed by atoms with Crippen LogP contribution in [0.3, 0.4) is 0 Å². The third-order valence-corrected chi connectivity index (χ3v) is 7.31. The first kappa shape index (κ1) is 17.3. The predicted octanol–water partition coefficient (Wildman–Crippen LogP) is 1.46. The van der Waals surface area contributed by atoms with Crippen LogP contribution >= 0.6 is 0 Å². The highest BCUT2D eigenvalue weighted by Crippen LogP contribution is 2.60. The van der Waals surface area contributed by atoms with E-state index in [0.717, 1.165) is 31.2 Å². The molecular formula is C18H25NO5S. The van der Waals surface area contributed by atoms with E-state index in [2.05, 4.69) is 6.92 Å². The van der Waals surface area contributed by atoms with Gasteiger partial charge in [-0.2, -0.15) is 13.6 Å². The van der Waals surface area contributed by atoms with E-state index >= 15 is 0 Å². The summed E-state index contributed by atoms with van der Waals surface area (Å²) >= 11 is 0. The number of benzene rings is 1. The fraction of sp³-hybridized carbons (Fsp3) is 0.667. The molecule has 0 radical (unpaired) electrons. The Morgan fingerprint density at radius 2 is 2.04 bits per heavy atom. The van der Waals surface area contributed by atoms with Gasteiger partial charge in [-0.15, -0.1) is 0 Å². The zero-order chi connectivity index (χ0) is 18.0. The summed E-state index contributed by atoms with van der Waals surface area (Å²) in [5.74, 6) is 1.42. The SMILES string of the molecule is CC12CCC3c4ccc(OS(N)(=O)=O)cc4CCC3C1CC(O)C2O. The molecule has 7 heteroatoms. The quantitative estimate of drug-likeness (QED) is 0.733. The average Bonchev–Trinajstić information content (AvgIpc) is 2.76. The molecule has 0 bridgehead atoms. The first-order valence-corrected chi connectivity index (χ1v) is 10.4. The van der Waals surface area contributed by atoms with Crippen LogP contribution in [-0.2, 0) is 16.7 Å². The molecule has 0 aliphatic heterocycles. The Hall–Kier alpha value is -1.15. The summed E-state index contributed by atoms with van der Waals surface area (Å²) in [6.07, 6.45) is 3.11. The number of fused-ring (bicyclic) bond motifs is 5. The van der Waals surface area contributed by atoms with Crippen molar-refractivity contribution >= 4 is 10.3 Å². The van der Waals surface area contributed by atoms with Crippen LogP contribution in [0.4, 0.5) is 0 Å². The van der Waals surface area contributed by atoms with Crippen molar-refractivity contribution in [2.24, 2.45) is 22.4 Å². The summed E-state index contributed by atoms with van der Waals surface area (Å²) in [7, 11) is -4.01. The van der Waals surface area contributed by atoms with E-state index in [9.17, 15) is 18.6 Å². The zero-order valence-electron chi connectivity index (χ0n) is 14.3. The average molecular weight is 367 g/mol. The van der Waals surface area contributed by atoms with Gasteiger partial charge in [0.25, 0.3) is 0 Å². The lowest BCUT2D eigenvalue weighted by atomic mass is 9.55. The molecule has 0 aromatic heterocycles. The second-order valence-electron chi connectivity index (χ2n) is 8.14. The Bertz CT molecular complexity index is 795. The van der Waals surface area contributed by atoms with Gasteiger partial charge in [0.05, 0.1) is 12.2 Å². The summed E-state index contributed by atoms with van der Waals surface area (Å²) in [5, 5.41) is 25.6. The Kier molecular flexibility index (Phi) is 3.92. The fourth-order valence-corrected chi connectivity index (χ4v) is 6.10. The molecule has 0 spiro atoms. The van der Waals surface area contributed by atoms with E-state index in [-0.39, 0.29) is 11.2 Å². The molecule has 6 atom stereocenters. The lowest BCUT2D eigenvalue weighted by Crippen LogP contribution is -2.44. The minimum atomic E-state index is -4.01. The summed E-state index contributed by atoms with van der Waals surface area (Å²) in [6.45, 7) is 2.12. The van der Waals surface area contributed by atoms with E-state index in [4.69, 9.17) is 9.32 Å². The van der Waals surface area contributed by atoms with Gasteiger partial charge in [-0.05, 0) is 78.5 Å². The van der Waals surface area contributed by atoms with Gasteiger partial charge in [0.15, 0.2) is 0 Å². The third-order valence-electron chi connectivity index (χ3n) is 6.88. The second kappa shape index (κ2) is 5.67. The lowest BCUT2D eigenvalue weighted by Gasteiger charge is -2.49. The van der Waals surface area contributed by atoms with Gasteiger partial charge in [-0.25, -0.2) is 0 Å². The highest BCUT2D eigenvalue weighted by molar-refractivity contribution is 7.84. The molecule has 1 aromatic rings. The first-order valence-electron chi connectivity index (χ1n) is 8.90. The predicted molar refractivity (Wildman–Crippen MR) is 92.2 cm³/mol. The van der Waals surface area contributed by atoms with E-state index < -0.39 is 22.5 Å². The molecule has 2 fully saturated rings. The Morgan fingerprint density at radius 3 is 2.76 bits per heavy atom. The maximum absolute atomic E-state index is 11.1. The number of hydrogen-bond donors (Lipinski definition) is 3. The molecule has 3 aliphatic rings. The van der Waals surface area contributed by atoms with Crippen LogP contribution in [0.25, 0.3) is 0 Å². The van der Waals surface area contributed by atoms with Gasteiger partial charge in [0, 0.05) is 0 Å². The van der Waals surface area contributed by atoms with Crippen molar-refractivity contribution in [3.05, 3.63) is 29.3 Å². The van der Waals surface area contributed by atoms with Crippen LogP contribution < -0.4 is 9.32 Å². The summed E-state index contributed by atoms with van der Waals surface area (Å²) in [6, 6.07) is 5.40. The molecule has 4 rings (SSSR count). The van der Waals surface area contributed by atoms with Crippen molar-refractivity contribution in [3.63, 3.8) is 0 Å². The van der Waals surface area contributed by atoms with Crippen molar-refractivity contribution in [2.75, 3.05) is 0 Å². The fourth-order valence-electron chi connectivity index (χ4n) is 5.73.